The van der Waals surface area contributed by atoms with Crippen LogP contribution in [-0.4, -0.2) is 102 Å². The normalized spacial score (nSPS) is 23.5. The van der Waals surface area contributed by atoms with Crippen molar-refractivity contribution in [3.05, 3.63) is 54.4 Å². The van der Waals surface area contributed by atoms with Gasteiger partial charge in [0.05, 0.1) is 18.4 Å². The van der Waals surface area contributed by atoms with Crippen LogP contribution in [0.25, 0.3) is 21.9 Å². The second kappa shape index (κ2) is 13.6. The number of fused-ring (bicyclic) bond motifs is 2. The first-order valence-corrected chi connectivity index (χ1v) is 16.3. The molecule has 0 unspecified atom stereocenters. The van der Waals surface area contributed by atoms with Crippen LogP contribution >= 0.6 is 0 Å². The van der Waals surface area contributed by atoms with Crippen LogP contribution in [0.1, 0.15) is 51.1 Å². The van der Waals surface area contributed by atoms with Gasteiger partial charge in [0, 0.05) is 25.7 Å². The highest BCUT2D eigenvalue weighted by molar-refractivity contribution is 5.87. The van der Waals surface area contributed by atoms with E-state index in [-0.39, 0.29) is 19.4 Å². The number of carbonyl (C=O) groups is 1. The first-order valence-electron chi connectivity index (χ1n) is 16.3. The van der Waals surface area contributed by atoms with Gasteiger partial charge in [-0.2, -0.15) is 23.1 Å². The predicted octanol–water partition coefficient (Wildman–Crippen LogP) is 4.32. The standard InChI is InChI=1S/C33H41F3N8O3/c1-3-14-43(31(47)33(34,35)36)24-16-25(28(46)27(24)45)44-19-39-26-29(37-17-21-11-7-10-20-9-5-6-13-23(20)21)40-32(41-30(26)44)38-18-22-12-8-15-42(22)4-2/h5-7,9-11,13,19,22,24-25,27-28,45-46H,3-4,8,12,14-18H2,1-2H3,(H2,37,38,40,41)/t22-,24+,25-,27-,28+/m1/s1. The minimum Gasteiger partial charge on any atom is -0.388 e. The molecule has 2 fully saturated rings. The van der Waals surface area contributed by atoms with Crippen LogP contribution in [0.3, 0.4) is 0 Å². The summed E-state index contributed by atoms with van der Waals surface area (Å²) in [6.45, 7) is 6.59. The number of amides is 1. The summed E-state index contributed by atoms with van der Waals surface area (Å²) in [5, 5.41) is 31.1. The number of halogens is 3. The average molecular weight is 655 g/mol. The molecule has 2 aromatic heterocycles. The molecule has 14 heteroatoms. The highest BCUT2D eigenvalue weighted by Crippen LogP contribution is 2.38. The van der Waals surface area contributed by atoms with Gasteiger partial charge in [0.15, 0.2) is 17.0 Å². The molecule has 11 nitrogen and oxygen atoms in total. The fourth-order valence-corrected chi connectivity index (χ4v) is 7.13. The Morgan fingerprint density at radius 1 is 1.06 bits per heavy atom. The fraction of sp³-hybridized carbons (Fsp3) is 0.515. The number of hydrogen-bond donors (Lipinski definition) is 4. The van der Waals surface area contributed by atoms with Gasteiger partial charge in [-0.1, -0.05) is 56.3 Å². The number of aliphatic hydroxyl groups is 2. The molecule has 2 aliphatic rings. The molecule has 47 heavy (non-hydrogen) atoms. The summed E-state index contributed by atoms with van der Waals surface area (Å²) in [4.78, 5) is 29.5. The van der Waals surface area contributed by atoms with E-state index in [1.807, 2.05) is 36.4 Å². The molecule has 0 radical (unpaired) electrons. The van der Waals surface area contributed by atoms with Crippen molar-refractivity contribution in [2.45, 2.75) is 82.6 Å². The van der Waals surface area contributed by atoms with Crippen LogP contribution in [0.15, 0.2) is 48.8 Å². The Balaban J connectivity index is 1.34. The lowest BCUT2D eigenvalue weighted by Crippen LogP contribution is -2.51. The average Bonchev–Trinajstić information content (AvgIpc) is 3.78. The molecule has 1 aliphatic carbocycles. The zero-order chi connectivity index (χ0) is 33.3. The largest absolute Gasteiger partial charge is 0.471 e. The zero-order valence-electron chi connectivity index (χ0n) is 26.5. The third kappa shape index (κ3) is 6.58. The molecular weight excluding hydrogens is 613 g/mol. The van der Waals surface area contributed by atoms with Crippen molar-refractivity contribution in [2.24, 2.45) is 0 Å². The Morgan fingerprint density at radius 2 is 1.85 bits per heavy atom. The van der Waals surface area contributed by atoms with Crippen LogP contribution in [0.4, 0.5) is 24.9 Å². The quantitative estimate of drug-likeness (QED) is 0.187. The molecule has 3 heterocycles. The second-order valence-corrected chi connectivity index (χ2v) is 12.4. The van der Waals surface area contributed by atoms with E-state index in [9.17, 15) is 28.2 Å². The number of nitrogens with zero attached hydrogens (tertiary/aromatic N) is 6. The van der Waals surface area contributed by atoms with Gasteiger partial charge < -0.3 is 30.3 Å². The minimum atomic E-state index is -5.11. The number of rotatable bonds is 11. The second-order valence-electron chi connectivity index (χ2n) is 12.4. The summed E-state index contributed by atoms with van der Waals surface area (Å²) in [6, 6.07) is 12.3. The number of alkyl halides is 3. The van der Waals surface area contributed by atoms with E-state index >= 15 is 0 Å². The van der Waals surface area contributed by atoms with E-state index in [4.69, 9.17) is 9.97 Å². The Bertz CT molecular complexity index is 1710. The van der Waals surface area contributed by atoms with Crippen LogP contribution in [0.2, 0.25) is 0 Å². The summed E-state index contributed by atoms with van der Waals surface area (Å²) in [7, 11) is 0. The summed E-state index contributed by atoms with van der Waals surface area (Å²) in [5.41, 5.74) is 1.81. The topological polar surface area (TPSA) is 132 Å². The lowest BCUT2D eigenvalue weighted by molar-refractivity contribution is -0.190. The SMILES string of the molecule is CCCN(C(=O)C(F)(F)F)[C@H]1C[C@@H](n2cnc3c(NCc4cccc5ccccc45)nc(NC[C@H]4CCCN4CC)nc32)[C@H](O)[C@@H]1O. The van der Waals surface area contributed by atoms with Gasteiger partial charge in [-0.25, -0.2) is 4.98 Å². The molecule has 2 aromatic carbocycles. The number of aromatic nitrogens is 4. The van der Waals surface area contributed by atoms with Gasteiger partial charge in [-0.3, -0.25) is 9.69 Å². The molecule has 5 atom stereocenters. The summed E-state index contributed by atoms with van der Waals surface area (Å²) < 4.78 is 42.1. The smallest absolute Gasteiger partial charge is 0.388 e. The molecule has 1 amide bonds. The maximum atomic E-state index is 13.5. The van der Waals surface area contributed by atoms with Crippen LogP contribution < -0.4 is 10.6 Å². The van der Waals surface area contributed by atoms with Gasteiger partial charge in [-0.05, 0) is 55.1 Å². The van der Waals surface area contributed by atoms with Crippen LogP contribution in [0.5, 0.6) is 0 Å². The third-order valence-corrected chi connectivity index (χ3v) is 9.50. The van der Waals surface area contributed by atoms with Crippen molar-refractivity contribution in [2.75, 3.05) is 36.8 Å². The molecule has 252 valence electrons. The molecular formula is C33H41F3N8O3. The number of anilines is 2. The van der Waals surface area contributed by atoms with Crippen molar-refractivity contribution in [3.63, 3.8) is 0 Å². The molecule has 0 bridgehead atoms. The lowest BCUT2D eigenvalue weighted by atomic mass is 10.0. The van der Waals surface area contributed by atoms with Crippen molar-refractivity contribution < 1.29 is 28.2 Å². The fourth-order valence-electron chi connectivity index (χ4n) is 7.13. The monoisotopic (exact) mass is 654 g/mol. The van der Waals surface area contributed by atoms with Gasteiger partial charge in [0.25, 0.3) is 0 Å². The minimum absolute atomic E-state index is 0.116. The number of likely N-dealkylation sites (tertiary alicyclic amines) is 1. The summed E-state index contributed by atoms with van der Waals surface area (Å²) in [5.74, 6) is -1.24. The number of imidazole rings is 1. The van der Waals surface area contributed by atoms with Crippen LogP contribution in [-0.2, 0) is 11.3 Å². The predicted molar refractivity (Wildman–Crippen MR) is 173 cm³/mol. The Morgan fingerprint density at radius 3 is 2.62 bits per heavy atom. The molecule has 4 N–H and O–H groups in total. The number of likely N-dealkylation sites (N-methyl/N-ethyl adjacent to an activating group) is 1. The molecule has 1 saturated carbocycles. The summed E-state index contributed by atoms with van der Waals surface area (Å²) in [6.07, 6.45) is -4.41. The number of nitrogens with one attached hydrogen (secondary N) is 2. The van der Waals surface area contributed by atoms with Gasteiger partial charge in [0.1, 0.15) is 12.2 Å². The van der Waals surface area contributed by atoms with Gasteiger partial charge in [-0.15, -0.1) is 0 Å². The van der Waals surface area contributed by atoms with Crippen molar-refractivity contribution in [3.8, 4) is 0 Å². The first kappa shape index (κ1) is 32.9. The highest BCUT2D eigenvalue weighted by atomic mass is 19.4. The third-order valence-electron chi connectivity index (χ3n) is 9.50. The zero-order valence-corrected chi connectivity index (χ0v) is 26.5. The maximum Gasteiger partial charge on any atom is 0.471 e. The molecule has 4 aromatic rings. The maximum absolute atomic E-state index is 13.5. The highest BCUT2D eigenvalue weighted by Gasteiger charge is 2.51. The Kier molecular flexibility index (Phi) is 9.53. The van der Waals surface area contributed by atoms with E-state index in [0.717, 1.165) is 42.3 Å². The van der Waals surface area contributed by atoms with Gasteiger partial charge >= 0.3 is 12.1 Å². The van der Waals surface area contributed by atoms with Crippen molar-refractivity contribution in [1.82, 2.24) is 29.3 Å². The van der Waals surface area contributed by atoms with E-state index in [2.05, 4.69) is 33.5 Å². The Hall–Kier alpha value is -4.01. The van der Waals surface area contributed by atoms with E-state index in [0.29, 0.717) is 47.0 Å². The van der Waals surface area contributed by atoms with E-state index in [1.54, 1.807) is 11.5 Å². The number of hydrogen-bond acceptors (Lipinski definition) is 9. The lowest BCUT2D eigenvalue weighted by Gasteiger charge is -2.31. The molecule has 1 aliphatic heterocycles. The van der Waals surface area contributed by atoms with Gasteiger partial charge in [0.2, 0.25) is 5.95 Å². The number of aliphatic hydroxyl groups excluding tert-OH is 2. The molecule has 1 saturated heterocycles. The number of benzene rings is 2. The first-order chi connectivity index (χ1) is 22.6. The van der Waals surface area contributed by atoms with Crippen molar-refractivity contribution in [1.29, 1.82) is 0 Å². The number of carbonyl (C=O) groups excluding carboxylic acids is 1. The van der Waals surface area contributed by atoms with Crippen molar-refractivity contribution >= 4 is 39.6 Å². The van der Waals surface area contributed by atoms with E-state index < -0.39 is 36.4 Å². The molecule has 0 spiro atoms. The Labute approximate surface area is 270 Å². The summed E-state index contributed by atoms with van der Waals surface area (Å²) >= 11 is 0. The van der Waals surface area contributed by atoms with E-state index in [1.165, 1.54) is 6.33 Å². The van der Waals surface area contributed by atoms with Crippen LogP contribution in [0, 0.1) is 0 Å². The molecule has 6 rings (SSSR count).